The molecule has 1 amide bonds. The number of nitrogens with zero attached hydrogens (tertiary/aromatic N) is 3. The fourth-order valence-corrected chi connectivity index (χ4v) is 3.21. The zero-order valence-corrected chi connectivity index (χ0v) is 18.2. The third-order valence-electron chi connectivity index (χ3n) is 4.82. The van der Waals surface area contributed by atoms with Crippen LogP contribution in [-0.2, 0) is 11.2 Å². The first-order valence-electron chi connectivity index (χ1n) is 10.2. The first-order chi connectivity index (χ1) is 14.4. The van der Waals surface area contributed by atoms with E-state index in [1.54, 1.807) is 0 Å². The molecule has 0 atom stereocenters. The molecular formula is C24H30N4O2. The van der Waals surface area contributed by atoms with Crippen molar-refractivity contribution in [2.24, 2.45) is 0 Å². The monoisotopic (exact) mass is 406 g/mol. The Balaban J connectivity index is 1.85. The lowest BCUT2D eigenvalue weighted by Gasteiger charge is -2.12. The van der Waals surface area contributed by atoms with Crippen LogP contribution in [0.2, 0.25) is 0 Å². The number of hydrogen-bond acceptors (Lipinski definition) is 4. The van der Waals surface area contributed by atoms with Gasteiger partial charge in [-0.15, -0.1) is 0 Å². The number of likely N-dealkylation sites (N-methyl/N-ethyl adjacent to an activating group) is 1. The lowest BCUT2D eigenvalue weighted by Crippen LogP contribution is -2.31. The topological polar surface area (TPSA) is 59.4 Å². The second-order valence-corrected chi connectivity index (χ2v) is 7.69. The van der Waals surface area contributed by atoms with Crippen molar-refractivity contribution >= 4 is 5.91 Å². The Bertz CT molecular complexity index is 980. The quantitative estimate of drug-likeness (QED) is 0.586. The molecule has 0 radical (unpaired) electrons. The van der Waals surface area contributed by atoms with Crippen LogP contribution in [0, 0.1) is 13.8 Å². The zero-order valence-electron chi connectivity index (χ0n) is 18.2. The summed E-state index contributed by atoms with van der Waals surface area (Å²) in [4.78, 5) is 14.3. The molecule has 6 nitrogen and oxygen atoms in total. The molecule has 0 bridgehead atoms. The van der Waals surface area contributed by atoms with Crippen LogP contribution in [0.1, 0.15) is 23.2 Å². The second-order valence-electron chi connectivity index (χ2n) is 7.69. The van der Waals surface area contributed by atoms with Gasteiger partial charge in [-0.2, -0.15) is 5.10 Å². The lowest BCUT2D eigenvalue weighted by atomic mass is 10.1. The molecule has 1 heterocycles. The van der Waals surface area contributed by atoms with Gasteiger partial charge in [-0.1, -0.05) is 30.3 Å². The van der Waals surface area contributed by atoms with Crippen LogP contribution >= 0.6 is 0 Å². The van der Waals surface area contributed by atoms with E-state index in [-0.39, 0.29) is 5.91 Å². The average Bonchev–Trinajstić information content (AvgIpc) is 3.02. The summed E-state index contributed by atoms with van der Waals surface area (Å²) >= 11 is 0. The van der Waals surface area contributed by atoms with Crippen LogP contribution in [0.5, 0.6) is 11.6 Å². The van der Waals surface area contributed by atoms with Gasteiger partial charge in [0.15, 0.2) is 0 Å². The number of ether oxygens (including phenoxy) is 1. The molecule has 0 spiro atoms. The zero-order chi connectivity index (χ0) is 21.5. The highest BCUT2D eigenvalue weighted by atomic mass is 16.5. The van der Waals surface area contributed by atoms with Crippen LogP contribution in [0.25, 0.3) is 5.69 Å². The van der Waals surface area contributed by atoms with Gasteiger partial charge in [0.05, 0.1) is 11.4 Å². The third-order valence-corrected chi connectivity index (χ3v) is 4.82. The molecule has 30 heavy (non-hydrogen) atoms. The van der Waals surface area contributed by atoms with Crippen LogP contribution in [0.15, 0.2) is 54.6 Å². The molecule has 0 fully saturated rings. The number of carbonyl (C=O) groups is 1. The minimum absolute atomic E-state index is 0.0326. The molecule has 1 aromatic heterocycles. The van der Waals surface area contributed by atoms with E-state index in [9.17, 15) is 4.79 Å². The van der Waals surface area contributed by atoms with Crippen molar-refractivity contribution in [3.05, 3.63) is 71.4 Å². The van der Waals surface area contributed by atoms with Gasteiger partial charge < -0.3 is 15.0 Å². The summed E-state index contributed by atoms with van der Waals surface area (Å²) in [5, 5.41) is 7.70. The molecule has 0 unspecified atom stereocenters. The maximum atomic E-state index is 12.3. The van der Waals surface area contributed by atoms with Gasteiger partial charge in [-0.05, 0) is 64.2 Å². The number of aryl methyl sites for hydroxylation is 2. The molecule has 0 aliphatic heterocycles. The molecule has 3 aromatic rings. The van der Waals surface area contributed by atoms with Gasteiger partial charge in [0.1, 0.15) is 5.75 Å². The summed E-state index contributed by atoms with van der Waals surface area (Å²) in [5.74, 6) is 1.43. The van der Waals surface area contributed by atoms with E-state index in [4.69, 9.17) is 9.84 Å². The summed E-state index contributed by atoms with van der Waals surface area (Å²) in [5.41, 5.74) is 3.89. The number of amides is 1. The number of para-hydroxylation sites is 1. The van der Waals surface area contributed by atoms with E-state index in [1.165, 1.54) is 0 Å². The molecule has 0 aliphatic carbocycles. The van der Waals surface area contributed by atoms with Crippen molar-refractivity contribution in [2.45, 2.75) is 26.7 Å². The summed E-state index contributed by atoms with van der Waals surface area (Å²) in [6.45, 7) is 5.47. The first-order valence-corrected chi connectivity index (χ1v) is 10.2. The molecule has 3 rings (SSSR count). The molecule has 2 aromatic carbocycles. The van der Waals surface area contributed by atoms with Gasteiger partial charge in [0.2, 0.25) is 11.8 Å². The Hall–Kier alpha value is -3.12. The van der Waals surface area contributed by atoms with Crippen LogP contribution in [0.3, 0.4) is 0 Å². The van der Waals surface area contributed by atoms with Crippen LogP contribution in [0.4, 0.5) is 0 Å². The van der Waals surface area contributed by atoms with Gasteiger partial charge in [0.25, 0.3) is 0 Å². The van der Waals surface area contributed by atoms with Crippen molar-refractivity contribution in [2.75, 3.05) is 27.2 Å². The maximum Gasteiger partial charge on any atom is 0.226 e. The van der Waals surface area contributed by atoms with Crippen LogP contribution < -0.4 is 10.1 Å². The Morgan fingerprint density at radius 3 is 2.57 bits per heavy atom. The standard InChI is InChI=1S/C24H30N4O2/c1-18-9-8-10-20(17-18)28-24(30-21-11-6-5-7-12-21)22(19(2)26-28)13-14-23(29)25-15-16-27(3)4/h5-12,17H,13-16H2,1-4H3,(H,25,29). The maximum absolute atomic E-state index is 12.3. The van der Waals surface area contributed by atoms with Crippen LogP contribution in [-0.4, -0.2) is 47.8 Å². The van der Waals surface area contributed by atoms with Crippen molar-refractivity contribution in [3.63, 3.8) is 0 Å². The highest BCUT2D eigenvalue weighted by Gasteiger charge is 2.20. The van der Waals surface area contributed by atoms with E-state index in [1.807, 2.05) is 73.1 Å². The smallest absolute Gasteiger partial charge is 0.226 e. The van der Waals surface area contributed by atoms with E-state index >= 15 is 0 Å². The Kier molecular flexibility index (Phi) is 7.25. The molecule has 6 heteroatoms. The Morgan fingerprint density at radius 2 is 1.87 bits per heavy atom. The highest BCUT2D eigenvalue weighted by molar-refractivity contribution is 5.76. The van der Waals surface area contributed by atoms with E-state index in [0.29, 0.717) is 25.3 Å². The molecule has 0 aliphatic rings. The molecule has 0 saturated heterocycles. The number of nitrogens with one attached hydrogen (secondary N) is 1. The summed E-state index contributed by atoms with van der Waals surface area (Å²) < 4.78 is 8.09. The fraction of sp³-hybridized carbons (Fsp3) is 0.333. The predicted octanol–water partition coefficient (Wildman–Crippen LogP) is 3.89. The normalized spacial score (nSPS) is 11.0. The number of rotatable bonds is 9. The van der Waals surface area contributed by atoms with E-state index in [2.05, 4.69) is 24.4 Å². The van der Waals surface area contributed by atoms with Crippen molar-refractivity contribution in [1.29, 1.82) is 0 Å². The molecule has 0 saturated carbocycles. The minimum Gasteiger partial charge on any atom is -0.439 e. The molecular weight excluding hydrogens is 376 g/mol. The summed E-state index contributed by atoms with van der Waals surface area (Å²) in [7, 11) is 3.98. The van der Waals surface area contributed by atoms with Crippen molar-refractivity contribution in [3.8, 4) is 17.3 Å². The van der Waals surface area contributed by atoms with E-state index in [0.717, 1.165) is 34.8 Å². The van der Waals surface area contributed by atoms with Gasteiger partial charge in [-0.3, -0.25) is 4.79 Å². The second kappa shape index (κ2) is 10.1. The minimum atomic E-state index is 0.0326. The third kappa shape index (κ3) is 5.70. The van der Waals surface area contributed by atoms with Gasteiger partial charge in [0, 0.05) is 25.1 Å². The number of benzene rings is 2. The molecule has 158 valence electrons. The Labute approximate surface area is 178 Å². The number of hydrogen-bond donors (Lipinski definition) is 1. The highest BCUT2D eigenvalue weighted by Crippen LogP contribution is 2.31. The number of carbonyl (C=O) groups excluding carboxylic acids is 1. The van der Waals surface area contributed by atoms with Crippen molar-refractivity contribution in [1.82, 2.24) is 20.0 Å². The average molecular weight is 407 g/mol. The Morgan fingerprint density at radius 1 is 1.10 bits per heavy atom. The van der Waals surface area contributed by atoms with Gasteiger partial charge >= 0.3 is 0 Å². The largest absolute Gasteiger partial charge is 0.439 e. The van der Waals surface area contributed by atoms with Crippen molar-refractivity contribution < 1.29 is 9.53 Å². The SMILES string of the molecule is Cc1cccc(-n2nc(C)c(CCC(=O)NCCN(C)C)c2Oc2ccccc2)c1. The predicted molar refractivity (Wildman–Crippen MR) is 119 cm³/mol. The lowest BCUT2D eigenvalue weighted by molar-refractivity contribution is -0.121. The number of aromatic nitrogens is 2. The summed E-state index contributed by atoms with van der Waals surface area (Å²) in [6.07, 6.45) is 0.951. The molecule has 1 N–H and O–H groups in total. The fourth-order valence-electron chi connectivity index (χ4n) is 3.21. The van der Waals surface area contributed by atoms with E-state index < -0.39 is 0 Å². The summed E-state index contributed by atoms with van der Waals surface area (Å²) in [6, 6.07) is 17.8. The first kappa shape index (κ1) is 21.6. The van der Waals surface area contributed by atoms with Gasteiger partial charge in [-0.25, -0.2) is 4.68 Å².